The number of hydrogen-bond donors (Lipinski definition) is 1. The molecule has 0 unspecified atom stereocenters. The van der Waals surface area contributed by atoms with Crippen LogP contribution in [-0.2, 0) is 13.6 Å². The van der Waals surface area contributed by atoms with E-state index in [1.807, 2.05) is 4.90 Å². The first-order valence-corrected chi connectivity index (χ1v) is 10.5. The van der Waals surface area contributed by atoms with E-state index >= 15 is 0 Å². The second-order valence-electron chi connectivity index (χ2n) is 8.01. The molecule has 2 amide bonds. The number of aromatic nitrogens is 4. The molecule has 0 saturated carbocycles. The lowest BCUT2D eigenvalue weighted by Crippen LogP contribution is -2.38. The van der Waals surface area contributed by atoms with Gasteiger partial charge in [-0.05, 0) is 37.5 Å². The summed E-state index contributed by atoms with van der Waals surface area (Å²) in [6, 6.07) is 5.99. The van der Waals surface area contributed by atoms with Crippen molar-refractivity contribution in [1.29, 1.82) is 0 Å². The molecule has 0 radical (unpaired) electrons. The zero-order valence-corrected chi connectivity index (χ0v) is 18.1. The molecule has 0 spiro atoms. The van der Waals surface area contributed by atoms with Gasteiger partial charge in [0.25, 0.3) is 11.8 Å². The number of carbonyl (C=O) groups is 2. The number of benzene rings is 1. The summed E-state index contributed by atoms with van der Waals surface area (Å²) in [6.07, 6.45) is 6.40. The fraction of sp³-hybridized carbons (Fsp3) is 0.348. The van der Waals surface area contributed by atoms with Crippen LogP contribution < -0.4 is 5.32 Å². The van der Waals surface area contributed by atoms with Gasteiger partial charge < -0.3 is 10.2 Å². The molecule has 4 rings (SSSR count). The molecule has 1 aliphatic rings. The van der Waals surface area contributed by atoms with Gasteiger partial charge in [0.1, 0.15) is 11.6 Å². The molecular formula is C23H25FN6O2. The van der Waals surface area contributed by atoms with Crippen molar-refractivity contribution in [3.05, 3.63) is 76.9 Å². The van der Waals surface area contributed by atoms with Crippen LogP contribution in [0.1, 0.15) is 56.6 Å². The summed E-state index contributed by atoms with van der Waals surface area (Å²) in [4.78, 5) is 36.0. The monoisotopic (exact) mass is 436 g/mol. The lowest BCUT2D eigenvalue weighted by Gasteiger charge is -2.31. The van der Waals surface area contributed by atoms with Crippen LogP contribution in [0, 0.1) is 12.7 Å². The SMILES string of the molecule is Cc1nc(C2CCN(C(=O)c3cnn(C)c3)CC2)ncc1C(=O)NCc1ccc(F)cc1. The molecule has 1 aliphatic heterocycles. The second-order valence-corrected chi connectivity index (χ2v) is 8.01. The Labute approximate surface area is 185 Å². The Hall–Kier alpha value is -3.62. The molecule has 32 heavy (non-hydrogen) atoms. The van der Waals surface area contributed by atoms with Gasteiger partial charge in [0.2, 0.25) is 0 Å². The van der Waals surface area contributed by atoms with Crippen molar-refractivity contribution in [3.8, 4) is 0 Å². The van der Waals surface area contributed by atoms with Gasteiger partial charge in [0.05, 0.1) is 23.0 Å². The Morgan fingerprint density at radius 1 is 1.16 bits per heavy atom. The number of amides is 2. The van der Waals surface area contributed by atoms with Gasteiger partial charge in [-0.3, -0.25) is 14.3 Å². The quantitative estimate of drug-likeness (QED) is 0.664. The summed E-state index contributed by atoms with van der Waals surface area (Å²) in [6.45, 7) is 3.34. The number of carbonyl (C=O) groups excluding carboxylic acids is 2. The first-order chi connectivity index (χ1) is 15.4. The Morgan fingerprint density at radius 2 is 1.88 bits per heavy atom. The number of halogens is 1. The fourth-order valence-corrected chi connectivity index (χ4v) is 3.84. The minimum absolute atomic E-state index is 0.0122. The van der Waals surface area contributed by atoms with Crippen LogP contribution in [-0.4, -0.2) is 49.6 Å². The first kappa shape index (κ1) is 21.6. The number of likely N-dealkylation sites (tertiary alicyclic amines) is 1. The predicted molar refractivity (Wildman–Crippen MR) is 115 cm³/mol. The maximum Gasteiger partial charge on any atom is 0.257 e. The lowest BCUT2D eigenvalue weighted by atomic mass is 9.95. The van der Waals surface area contributed by atoms with Crippen molar-refractivity contribution < 1.29 is 14.0 Å². The van der Waals surface area contributed by atoms with Crippen molar-refractivity contribution in [2.75, 3.05) is 13.1 Å². The van der Waals surface area contributed by atoms with Crippen LogP contribution in [0.15, 0.2) is 42.9 Å². The zero-order chi connectivity index (χ0) is 22.7. The first-order valence-electron chi connectivity index (χ1n) is 10.5. The summed E-state index contributed by atoms with van der Waals surface area (Å²) in [7, 11) is 1.79. The molecule has 3 heterocycles. The molecule has 1 fully saturated rings. The minimum atomic E-state index is -0.313. The van der Waals surface area contributed by atoms with Crippen LogP contribution in [0.5, 0.6) is 0 Å². The smallest absolute Gasteiger partial charge is 0.257 e. The second kappa shape index (κ2) is 9.25. The maximum absolute atomic E-state index is 13.0. The van der Waals surface area contributed by atoms with E-state index in [0.29, 0.717) is 42.3 Å². The minimum Gasteiger partial charge on any atom is -0.348 e. The molecule has 8 nitrogen and oxygen atoms in total. The third-order valence-corrected chi connectivity index (χ3v) is 5.71. The Morgan fingerprint density at radius 3 is 2.50 bits per heavy atom. The van der Waals surface area contributed by atoms with E-state index in [4.69, 9.17) is 0 Å². The van der Waals surface area contributed by atoms with Crippen LogP contribution in [0.2, 0.25) is 0 Å². The van der Waals surface area contributed by atoms with E-state index in [2.05, 4.69) is 20.4 Å². The van der Waals surface area contributed by atoms with Crippen LogP contribution >= 0.6 is 0 Å². The number of hydrogen-bond acceptors (Lipinski definition) is 5. The van der Waals surface area contributed by atoms with E-state index in [1.165, 1.54) is 12.1 Å². The summed E-state index contributed by atoms with van der Waals surface area (Å²) >= 11 is 0. The highest BCUT2D eigenvalue weighted by molar-refractivity contribution is 5.95. The zero-order valence-electron chi connectivity index (χ0n) is 18.1. The molecule has 2 aromatic heterocycles. The van der Waals surface area contributed by atoms with Gasteiger partial charge in [-0.15, -0.1) is 0 Å². The highest BCUT2D eigenvalue weighted by Crippen LogP contribution is 2.26. The van der Waals surface area contributed by atoms with Gasteiger partial charge in [0, 0.05) is 45.0 Å². The number of rotatable bonds is 5. The van der Waals surface area contributed by atoms with Gasteiger partial charge in [-0.2, -0.15) is 5.10 Å². The van der Waals surface area contributed by atoms with Crippen molar-refractivity contribution >= 4 is 11.8 Å². The van der Waals surface area contributed by atoms with Crippen molar-refractivity contribution in [2.24, 2.45) is 7.05 Å². The Bertz CT molecular complexity index is 1120. The average Bonchev–Trinajstić information content (AvgIpc) is 3.24. The van der Waals surface area contributed by atoms with E-state index < -0.39 is 0 Å². The average molecular weight is 436 g/mol. The summed E-state index contributed by atoms with van der Waals surface area (Å²) in [5, 5.41) is 6.88. The molecule has 3 aromatic rings. The molecule has 0 atom stereocenters. The van der Waals surface area contributed by atoms with Crippen molar-refractivity contribution in [1.82, 2.24) is 30.0 Å². The molecule has 166 valence electrons. The fourth-order valence-electron chi connectivity index (χ4n) is 3.84. The highest BCUT2D eigenvalue weighted by atomic mass is 19.1. The van der Waals surface area contributed by atoms with E-state index in [-0.39, 0.29) is 23.5 Å². The number of nitrogens with one attached hydrogen (secondary N) is 1. The summed E-state index contributed by atoms with van der Waals surface area (Å²) < 4.78 is 14.6. The van der Waals surface area contributed by atoms with Gasteiger partial charge >= 0.3 is 0 Å². The van der Waals surface area contributed by atoms with Crippen LogP contribution in [0.3, 0.4) is 0 Å². The lowest BCUT2D eigenvalue weighted by molar-refractivity contribution is 0.0710. The molecule has 0 aliphatic carbocycles. The number of piperidine rings is 1. The molecule has 1 N–H and O–H groups in total. The molecule has 1 aromatic carbocycles. The summed E-state index contributed by atoms with van der Waals surface area (Å²) in [5.74, 6) is 0.248. The maximum atomic E-state index is 13.0. The highest BCUT2D eigenvalue weighted by Gasteiger charge is 2.27. The van der Waals surface area contributed by atoms with Gasteiger partial charge in [-0.25, -0.2) is 14.4 Å². The van der Waals surface area contributed by atoms with Crippen LogP contribution in [0.4, 0.5) is 4.39 Å². The number of aryl methyl sites for hydroxylation is 2. The molecule has 1 saturated heterocycles. The molecular weight excluding hydrogens is 411 g/mol. The van der Waals surface area contributed by atoms with E-state index in [9.17, 15) is 14.0 Å². The standard InChI is InChI=1S/C23H25FN6O2/c1-15-20(22(31)26-11-16-3-5-19(24)6-4-16)13-25-21(28-15)17-7-9-30(10-8-17)23(32)18-12-27-29(2)14-18/h3-6,12-14,17H,7-11H2,1-2H3,(H,26,31). The summed E-state index contributed by atoms with van der Waals surface area (Å²) in [5.41, 5.74) is 2.43. The van der Waals surface area contributed by atoms with Gasteiger partial charge in [0.15, 0.2) is 0 Å². The largest absolute Gasteiger partial charge is 0.348 e. The molecule has 9 heteroatoms. The van der Waals surface area contributed by atoms with Crippen LogP contribution in [0.25, 0.3) is 0 Å². The normalized spacial score (nSPS) is 14.4. The predicted octanol–water partition coefficient (Wildman–Crippen LogP) is 2.61. The van der Waals surface area contributed by atoms with E-state index in [1.54, 1.807) is 49.4 Å². The third kappa shape index (κ3) is 4.82. The topological polar surface area (TPSA) is 93.0 Å². The third-order valence-electron chi connectivity index (χ3n) is 5.71. The van der Waals surface area contributed by atoms with Gasteiger partial charge in [-0.1, -0.05) is 12.1 Å². The molecule has 0 bridgehead atoms. The Balaban J connectivity index is 1.34. The Kier molecular flexibility index (Phi) is 6.25. The number of nitrogens with zero attached hydrogens (tertiary/aromatic N) is 5. The van der Waals surface area contributed by atoms with E-state index in [0.717, 1.165) is 18.4 Å². The van der Waals surface area contributed by atoms with Crippen molar-refractivity contribution in [2.45, 2.75) is 32.2 Å². The van der Waals surface area contributed by atoms with Crippen molar-refractivity contribution in [3.63, 3.8) is 0 Å².